The minimum atomic E-state index is -0.777. The van der Waals surface area contributed by atoms with E-state index in [9.17, 15) is 4.21 Å². The Balaban J connectivity index is 2.02. The second kappa shape index (κ2) is 6.91. The van der Waals surface area contributed by atoms with Gasteiger partial charge in [-0.3, -0.25) is 4.21 Å². The van der Waals surface area contributed by atoms with Crippen LogP contribution in [0.2, 0.25) is 0 Å². The Morgan fingerprint density at radius 2 is 2.16 bits per heavy atom. The molecule has 106 valence electrons. The van der Waals surface area contributed by atoms with Crippen molar-refractivity contribution in [1.29, 1.82) is 0 Å². The fourth-order valence-corrected chi connectivity index (χ4v) is 2.91. The van der Waals surface area contributed by atoms with E-state index in [1.54, 1.807) is 6.26 Å². The maximum Gasteiger partial charge on any atom is 0.165 e. The van der Waals surface area contributed by atoms with Crippen molar-refractivity contribution in [1.82, 2.24) is 5.32 Å². The quantitative estimate of drug-likeness (QED) is 0.893. The van der Waals surface area contributed by atoms with Crippen LogP contribution in [0.3, 0.4) is 0 Å². The van der Waals surface area contributed by atoms with E-state index in [1.807, 2.05) is 25.1 Å². The summed E-state index contributed by atoms with van der Waals surface area (Å²) < 4.78 is 22.6. The molecule has 1 aromatic rings. The van der Waals surface area contributed by atoms with Gasteiger partial charge < -0.3 is 14.8 Å². The third-order valence-electron chi connectivity index (χ3n) is 2.98. The van der Waals surface area contributed by atoms with E-state index in [4.69, 9.17) is 9.47 Å². The van der Waals surface area contributed by atoms with Crippen molar-refractivity contribution in [3.8, 4) is 11.5 Å². The normalized spacial score (nSPS) is 17.6. The number of benzene rings is 1. The number of ether oxygens (including phenoxy) is 2. The predicted molar refractivity (Wildman–Crippen MR) is 77.3 cm³/mol. The molecule has 0 spiro atoms. The topological polar surface area (TPSA) is 47.6 Å². The molecular weight excluding hydrogens is 262 g/mol. The highest BCUT2D eigenvalue weighted by atomic mass is 32.2. The van der Waals surface area contributed by atoms with Crippen molar-refractivity contribution in [2.45, 2.75) is 25.9 Å². The Kier molecular flexibility index (Phi) is 5.22. The van der Waals surface area contributed by atoms with Crippen molar-refractivity contribution in [3.63, 3.8) is 0 Å². The molecule has 1 aliphatic heterocycles. The van der Waals surface area contributed by atoms with Crippen LogP contribution in [0.5, 0.6) is 11.5 Å². The van der Waals surface area contributed by atoms with Crippen molar-refractivity contribution >= 4 is 10.8 Å². The molecule has 1 heterocycles. The molecule has 1 N–H and O–H groups in total. The van der Waals surface area contributed by atoms with Crippen LogP contribution in [0.1, 0.15) is 18.9 Å². The molecule has 2 atom stereocenters. The predicted octanol–water partition coefficient (Wildman–Crippen LogP) is 1.70. The number of hydrogen-bond donors (Lipinski definition) is 1. The summed E-state index contributed by atoms with van der Waals surface area (Å²) in [6.45, 7) is 4.14. The molecule has 0 aromatic heterocycles. The summed E-state index contributed by atoms with van der Waals surface area (Å²) in [7, 11) is -0.777. The van der Waals surface area contributed by atoms with Gasteiger partial charge in [-0.05, 0) is 13.0 Å². The van der Waals surface area contributed by atoms with E-state index in [0.717, 1.165) is 23.5 Å². The van der Waals surface area contributed by atoms with Crippen LogP contribution in [0.25, 0.3) is 0 Å². The van der Waals surface area contributed by atoms with E-state index < -0.39 is 10.8 Å². The van der Waals surface area contributed by atoms with E-state index in [-0.39, 0.29) is 6.04 Å². The van der Waals surface area contributed by atoms with E-state index in [2.05, 4.69) is 5.32 Å². The third-order valence-corrected chi connectivity index (χ3v) is 3.95. The lowest BCUT2D eigenvalue weighted by Crippen LogP contribution is -2.30. The van der Waals surface area contributed by atoms with Crippen molar-refractivity contribution < 1.29 is 13.7 Å². The molecule has 0 saturated heterocycles. The molecule has 0 saturated carbocycles. The van der Waals surface area contributed by atoms with Crippen LogP contribution in [-0.4, -0.2) is 35.5 Å². The van der Waals surface area contributed by atoms with Gasteiger partial charge in [0.05, 0.1) is 13.2 Å². The number of hydrogen-bond acceptors (Lipinski definition) is 4. The van der Waals surface area contributed by atoms with Gasteiger partial charge in [0.1, 0.15) is 0 Å². The minimum Gasteiger partial charge on any atom is -0.490 e. The van der Waals surface area contributed by atoms with Gasteiger partial charge in [-0.25, -0.2) is 0 Å². The maximum atomic E-state index is 11.2. The lowest BCUT2D eigenvalue weighted by Gasteiger charge is -2.16. The molecule has 2 unspecified atom stereocenters. The highest BCUT2D eigenvalue weighted by Gasteiger charge is 2.14. The molecule has 0 radical (unpaired) electrons. The smallest absolute Gasteiger partial charge is 0.165 e. The molecule has 0 fully saturated rings. The first-order chi connectivity index (χ1) is 9.16. The first-order valence-electron chi connectivity index (χ1n) is 6.57. The lowest BCUT2D eigenvalue weighted by molar-refractivity contribution is 0.296. The van der Waals surface area contributed by atoms with Crippen LogP contribution in [0.4, 0.5) is 0 Å². The molecule has 0 aliphatic carbocycles. The summed E-state index contributed by atoms with van der Waals surface area (Å²) in [5.41, 5.74) is 1.09. The van der Waals surface area contributed by atoms with Crippen molar-refractivity contribution in [2.75, 3.05) is 25.2 Å². The standard InChI is InChI=1S/C14H21NO3S/c1-11(10-19(2)16)15-9-12-5-3-6-13-14(12)18-8-4-7-17-13/h3,5-6,11,15H,4,7-10H2,1-2H3. The zero-order valence-electron chi connectivity index (χ0n) is 11.5. The molecule has 1 aromatic carbocycles. The van der Waals surface area contributed by atoms with E-state index >= 15 is 0 Å². The van der Waals surface area contributed by atoms with Gasteiger partial charge in [0.15, 0.2) is 11.5 Å². The van der Waals surface area contributed by atoms with Crippen molar-refractivity contribution in [3.05, 3.63) is 23.8 Å². The van der Waals surface area contributed by atoms with Gasteiger partial charge in [-0.2, -0.15) is 0 Å². The summed E-state index contributed by atoms with van der Waals surface area (Å²) in [4.78, 5) is 0. The Bertz CT molecular complexity index is 450. The third kappa shape index (κ3) is 4.21. The largest absolute Gasteiger partial charge is 0.490 e. The highest BCUT2D eigenvalue weighted by molar-refractivity contribution is 7.84. The number of fused-ring (bicyclic) bond motifs is 1. The van der Waals surface area contributed by atoms with Crippen LogP contribution in [0.15, 0.2) is 18.2 Å². The van der Waals surface area contributed by atoms with Crippen LogP contribution < -0.4 is 14.8 Å². The van der Waals surface area contributed by atoms with Gasteiger partial charge in [0.25, 0.3) is 0 Å². The highest BCUT2D eigenvalue weighted by Crippen LogP contribution is 2.33. The number of rotatable bonds is 5. The Morgan fingerprint density at radius 1 is 1.37 bits per heavy atom. The first kappa shape index (κ1) is 14.3. The zero-order valence-corrected chi connectivity index (χ0v) is 12.3. The summed E-state index contributed by atoms with van der Waals surface area (Å²) in [5.74, 6) is 2.33. The maximum absolute atomic E-state index is 11.2. The van der Waals surface area contributed by atoms with E-state index in [0.29, 0.717) is 25.5 Å². The molecule has 1 aliphatic rings. The van der Waals surface area contributed by atoms with Crippen LogP contribution >= 0.6 is 0 Å². The Hall–Kier alpha value is -1.07. The van der Waals surface area contributed by atoms with Gasteiger partial charge >= 0.3 is 0 Å². The SMILES string of the molecule is CC(CS(C)=O)NCc1cccc2c1OCCCO2. The van der Waals surface area contributed by atoms with Gasteiger partial charge in [-0.15, -0.1) is 0 Å². The molecule has 4 nitrogen and oxygen atoms in total. The van der Waals surface area contributed by atoms with Crippen LogP contribution in [0, 0.1) is 0 Å². The Morgan fingerprint density at radius 3 is 2.95 bits per heavy atom. The summed E-state index contributed by atoms with van der Waals surface area (Å²) in [5, 5.41) is 3.37. The molecule has 0 bridgehead atoms. The van der Waals surface area contributed by atoms with Gasteiger partial charge in [0, 0.05) is 47.4 Å². The zero-order chi connectivity index (χ0) is 13.7. The average Bonchev–Trinajstić information content (AvgIpc) is 2.60. The molecule has 19 heavy (non-hydrogen) atoms. The fourth-order valence-electron chi connectivity index (χ4n) is 2.09. The van der Waals surface area contributed by atoms with Gasteiger partial charge in [-0.1, -0.05) is 12.1 Å². The summed E-state index contributed by atoms with van der Waals surface area (Å²) in [6, 6.07) is 6.17. The second-order valence-corrected chi connectivity index (χ2v) is 6.30. The number of nitrogens with one attached hydrogen (secondary N) is 1. The molecular formula is C14H21NO3S. The monoisotopic (exact) mass is 283 g/mol. The summed E-state index contributed by atoms with van der Waals surface area (Å²) in [6.07, 6.45) is 2.64. The van der Waals surface area contributed by atoms with Gasteiger partial charge in [0.2, 0.25) is 0 Å². The van der Waals surface area contributed by atoms with E-state index in [1.165, 1.54) is 0 Å². The van der Waals surface area contributed by atoms with Crippen molar-refractivity contribution in [2.24, 2.45) is 0 Å². The molecule has 2 rings (SSSR count). The Labute approximate surface area is 116 Å². The first-order valence-corrected chi connectivity index (χ1v) is 8.30. The second-order valence-electron chi connectivity index (χ2n) is 4.82. The fraction of sp³-hybridized carbons (Fsp3) is 0.571. The van der Waals surface area contributed by atoms with Crippen LogP contribution in [-0.2, 0) is 17.3 Å². The average molecular weight is 283 g/mol. The molecule has 5 heteroatoms. The minimum absolute atomic E-state index is 0.216. The lowest BCUT2D eigenvalue weighted by atomic mass is 10.1. The molecule has 0 amide bonds. The number of para-hydroxylation sites is 1. The summed E-state index contributed by atoms with van der Waals surface area (Å²) >= 11 is 0.